The number of morpholine rings is 1. The molecule has 3 heterocycles. The Kier molecular flexibility index (Phi) is 8.55. The SMILES string of the molecule is Cc1cc2cc(CN(CCN3CCOCC3)C(c3nnnn3C3CCCCC3)C(C)C)c(=O)[nH]c2cc1C. The van der Waals surface area contributed by atoms with E-state index in [-0.39, 0.29) is 17.5 Å². The molecule has 1 aliphatic carbocycles. The van der Waals surface area contributed by atoms with E-state index in [0.29, 0.717) is 12.6 Å². The van der Waals surface area contributed by atoms with Crippen molar-refractivity contribution in [2.45, 2.75) is 78.4 Å². The highest BCUT2D eigenvalue weighted by molar-refractivity contribution is 5.80. The zero-order valence-corrected chi connectivity index (χ0v) is 23.4. The van der Waals surface area contributed by atoms with Crippen LogP contribution in [0.1, 0.15) is 80.6 Å². The Balaban J connectivity index is 1.49. The molecule has 3 aromatic rings. The van der Waals surface area contributed by atoms with Crippen LogP contribution in [0.4, 0.5) is 0 Å². The molecule has 206 valence electrons. The summed E-state index contributed by atoms with van der Waals surface area (Å²) in [6, 6.07) is 6.67. The fraction of sp³-hybridized carbons (Fsp3) is 0.655. The van der Waals surface area contributed by atoms with Crippen LogP contribution in [0.5, 0.6) is 0 Å². The molecule has 0 radical (unpaired) electrons. The smallest absolute Gasteiger partial charge is 0.252 e. The molecular weight excluding hydrogens is 478 g/mol. The molecule has 1 N–H and O–H groups in total. The average molecular weight is 522 g/mol. The molecule has 38 heavy (non-hydrogen) atoms. The summed E-state index contributed by atoms with van der Waals surface area (Å²) >= 11 is 0. The average Bonchev–Trinajstić information content (AvgIpc) is 3.39. The van der Waals surface area contributed by atoms with Crippen molar-refractivity contribution in [3.63, 3.8) is 0 Å². The fourth-order valence-electron chi connectivity index (χ4n) is 6.13. The quantitative estimate of drug-likeness (QED) is 0.452. The summed E-state index contributed by atoms with van der Waals surface area (Å²) in [7, 11) is 0. The van der Waals surface area contributed by atoms with E-state index in [9.17, 15) is 4.79 Å². The van der Waals surface area contributed by atoms with Gasteiger partial charge in [-0.2, -0.15) is 0 Å². The Morgan fingerprint density at radius 1 is 1.08 bits per heavy atom. The van der Waals surface area contributed by atoms with Crippen molar-refractivity contribution in [2.24, 2.45) is 5.92 Å². The van der Waals surface area contributed by atoms with Crippen molar-refractivity contribution >= 4 is 10.9 Å². The number of aryl methyl sites for hydroxylation is 2. The molecule has 9 heteroatoms. The Labute approximate surface area is 225 Å². The molecule has 1 aromatic carbocycles. The van der Waals surface area contributed by atoms with Crippen LogP contribution in [-0.2, 0) is 11.3 Å². The summed E-state index contributed by atoms with van der Waals surface area (Å²) in [4.78, 5) is 21.3. The molecular formula is C29H43N7O2. The number of hydrogen-bond acceptors (Lipinski definition) is 7. The Morgan fingerprint density at radius 2 is 1.82 bits per heavy atom. The van der Waals surface area contributed by atoms with Gasteiger partial charge in [-0.3, -0.25) is 14.6 Å². The number of nitrogens with one attached hydrogen (secondary N) is 1. The summed E-state index contributed by atoms with van der Waals surface area (Å²) in [5.41, 5.74) is 4.06. The zero-order valence-electron chi connectivity index (χ0n) is 23.4. The fourth-order valence-corrected chi connectivity index (χ4v) is 6.13. The van der Waals surface area contributed by atoms with Crippen molar-refractivity contribution in [3.8, 4) is 0 Å². The second-order valence-electron chi connectivity index (χ2n) is 11.5. The summed E-state index contributed by atoms with van der Waals surface area (Å²) in [6.45, 7) is 14.4. The van der Waals surface area contributed by atoms with Gasteiger partial charge in [-0.15, -0.1) is 5.10 Å². The number of ether oxygens (including phenoxy) is 1. The first-order valence-electron chi connectivity index (χ1n) is 14.4. The first-order chi connectivity index (χ1) is 18.4. The summed E-state index contributed by atoms with van der Waals surface area (Å²) < 4.78 is 7.67. The molecule has 9 nitrogen and oxygen atoms in total. The molecule has 1 aliphatic heterocycles. The minimum Gasteiger partial charge on any atom is -0.379 e. The van der Waals surface area contributed by atoms with Crippen molar-refractivity contribution < 1.29 is 4.74 Å². The summed E-state index contributed by atoms with van der Waals surface area (Å²) in [5.74, 6) is 1.20. The predicted molar refractivity (Wildman–Crippen MR) is 149 cm³/mol. The van der Waals surface area contributed by atoms with Gasteiger partial charge in [0.05, 0.1) is 25.3 Å². The number of pyridine rings is 1. The summed E-state index contributed by atoms with van der Waals surface area (Å²) in [5, 5.41) is 14.3. The van der Waals surface area contributed by atoms with Crippen molar-refractivity contribution in [3.05, 3.63) is 51.1 Å². The highest BCUT2D eigenvalue weighted by atomic mass is 16.5. The molecule has 0 bridgehead atoms. The molecule has 1 atom stereocenters. The Hall–Kier alpha value is -2.62. The molecule has 0 amide bonds. The molecule has 5 rings (SSSR count). The lowest BCUT2D eigenvalue weighted by molar-refractivity contribution is 0.0266. The van der Waals surface area contributed by atoms with E-state index >= 15 is 0 Å². The summed E-state index contributed by atoms with van der Waals surface area (Å²) in [6.07, 6.45) is 5.99. The van der Waals surface area contributed by atoms with E-state index < -0.39 is 0 Å². The number of aromatic amines is 1. The van der Waals surface area contributed by atoms with Crippen LogP contribution < -0.4 is 5.56 Å². The first-order valence-corrected chi connectivity index (χ1v) is 14.4. The van der Waals surface area contributed by atoms with Crippen LogP contribution in [0.2, 0.25) is 0 Å². The van der Waals surface area contributed by atoms with Crippen LogP contribution in [0.3, 0.4) is 0 Å². The van der Waals surface area contributed by atoms with E-state index in [2.05, 4.69) is 80.9 Å². The highest BCUT2D eigenvalue weighted by Gasteiger charge is 2.32. The Bertz CT molecular complexity index is 1270. The van der Waals surface area contributed by atoms with Gasteiger partial charge in [0.1, 0.15) is 0 Å². The van der Waals surface area contributed by atoms with Gasteiger partial charge in [0, 0.05) is 43.8 Å². The van der Waals surface area contributed by atoms with Crippen molar-refractivity contribution in [1.82, 2.24) is 35.0 Å². The zero-order chi connectivity index (χ0) is 26.6. The maximum Gasteiger partial charge on any atom is 0.252 e. The monoisotopic (exact) mass is 521 g/mol. The Morgan fingerprint density at radius 3 is 2.55 bits per heavy atom. The van der Waals surface area contributed by atoms with Crippen LogP contribution in [-0.4, -0.2) is 74.4 Å². The van der Waals surface area contributed by atoms with Crippen LogP contribution in [0.15, 0.2) is 23.0 Å². The number of nitrogens with zero attached hydrogens (tertiary/aromatic N) is 6. The van der Waals surface area contributed by atoms with Gasteiger partial charge < -0.3 is 9.72 Å². The van der Waals surface area contributed by atoms with Gasteiger partial charge in [-0.25, -0.2) is 4.68 Å². The van der Waals surface area contributed by atoms with Crippen LogP contribution in [0, 0.1) is 19.8 Å². The second kappa shape index (κ2) is 12.1. The second-order valence-corrected chi connectivity index (χ2v) is 11.5. The molecule has 2 aliphatic rings. The van der Waals surface area contributed by atoms with Gasteiger partial charge in [0.25, 0.3) is 5.56 Å². The third-order valence-electron chi connectivity index (χ3n) is 8.44. The normalized spacial score (nSPS) is 18.6. The number of fused-ring (bicyclic) bond motifs is 1. The number of rotatable bonds is 9. The van der Waals surface area contributed by atoms with Crippen molar-refractivity contribution in [1.29, 1.82) is 0 Å². The van der Waals surface area contributed by atoms with Crippen molar-refractivity contribution in [2.75, 3.05) is 39.4 Å². The lowest BCUT2D eigenvalue weighted by Gasteiger charge is -2.36. The molecule has 1 saturated carbocycles. The van der Waals surface area contributed by atoms with E-state index in [1.807, 2.05) is 0 Å². The lowest BCUT2D eigenvalue weighted by atomic mass is 9.94. The minimum absolute atomic E-state index is 0.00261. The highest BCUT2D eigenvalue weighted by Crippen LogP contribution is 2.34. The van der Waals surface area contributed by atoms with Gasteiger partial charge in [-0.1, -0.05) is 33.1 Å². The first kappa shape index (κ1) is 27.0. The topological polar surface area (TPSA) is 92.2 Å². The third kappa shape index (κ3) is 6.00. The van der Waals surface area contributed by atoms with E-state index in [1.54, 1.807) is 0 Å². The number of aromatic nitrogens is 5. The van der Waals surface area contributed by atoms with E-state index in [1.165, 1.54) is 30.4 Å². The maximum absolute atomic E-state index is 13.3. The number of H-pyrrole nitrogens is 1. The largest absolute Gasteiger partial charge is 0.379 e. The molecule has 1 saturated heterocycles. The molecule has 0 spiro atoms. The third-order valence-corrected chi connectivity index (χ3v) is 8.44. The van der Waals surface area contributed by atoms with Gasteiger partial charge in [0.15, 0.2) is 5.82 Å². The van der Waals surface area contributed by atoms with Gasteiger partial charge in [0.2, 0.25) is 0 Å². The number of hydrogen-bond donors (Lipinski definition) is 1. The number of benzene rings is 1. The van der Waals surface area contributed by atoms with E-state index in [4.69, 9.17) is 4.74 Å². The van der Waals surface area contributed by atoms with Gasteiger partial charge >= 0.3 is 0 Å². The lowest BCUT2D eigenvalue weighted by Crippen LogP contribution is -2.44. The molecule has 2 aromatic heterocycles. The number of tetrazole rings is 1. The van der Waals surface area contributed by atoms with Crippen LogP contribution in [0.25, 0.3) is 10.9 Å². The standard InChI is InChI=1S/C29H43N7O2/c1-20(2)27(28-31-32-33-36(28)25-8-6-5-7-9-25)35(11-10-34-12-14-38-15-13-34)19-24-18-23-16-21(3)22(4)17-26(23)30-29(24)37/h16-18,20,25,27H,5-15,19H2,1-4H3,(H,30,37). The van der Waals surface area contributed by atoms with Gasteiger partial charge in [-0.05, 0) is 77.7 Å². The maximum atomic E-state index is 13.3. The predicted octanol–water partition coefficient (Wildman–Crippen LogP) is 4.17. The van der Waals surface area contributed by atoms with E-state index in [0.717, 1.165) is 74.5 Å². The van der Waals surface area contributed by atoms with Crippen LogP contribution >= 0.6 is 0 Å². The molecule has 2 fully saturated rings. The minimum atomic E-state index is -0.0218. The molecule has 1 unspecified atom stereocenters.